The topological polar surface area (TPSA) is 80.3 Å². The summed E-state index contributed by atoms with van der Waals surface area (Å²) in [5, 5.41) is 15.3. The smallest absolute Gasteiger partial charge is 0.191 e. The highest BCUT2D eigenvalue weighted by Gasteiger charge is 2.13. The maximum atomic E-state index is 13.1. The van der Waals surface area contributed by atoms with Crippen molar-refractivity contribution in [3.05, 3.63) is 65.6 Å². The molecule has 0 spiro atoms. The van der Waals surface area contributed by atoms with Crippen LogP contribution in [0.15, 0.2) is 52.1 Å². The van der Waals surface area contributed by atoms with E-state index in [0.717, 1.165) is 54.6 Å². The lowest BCUT2D eigenvalue weighted by atomic mass is 9.99. The SMILES string of the molecule is CCNC(=NCc1cc(C(CC)CC)no1)NCCc1ccn(-c2ccc(F)cc2)n1.I. The first-order valence-corrected chi connectivity index (χ1v) is 10.9. The Labute approximate surface area is 205 Å². The zero-order valence-electron chi connectivity index (χ0n) is 18.8. The minimum atomic E-state index is -0.257. The van der Waals surface area contributed by atoms with Crippen molar-refractivity contribution in [3.8, 4) is 5.69 Å². The van der Waals surface area contributed by atoms with Crippen LogP contribution in [0.2, 0.25) is 0 Å². The van der Waals surface area contributed by atoms with Gasteiger partial charge in [-0.2, -0.15) is 5.10 Å². The van der Waals surface area contributed by atoms with E-state index in [2.05, 4.69) is 39.7 Å². The Kier molecular flexibility index (Phi) is 10.6. The minimum absolute atomic E-state index is 0. The number of nitrogens with zero attached hydrogens (tertiary/aromatic N) is 4. The number of benzene rings is 1. The van der Waals surface area contributed by atoms with Gasteiger partial charge >= 0.3 is 0 Å². The van der Waals surface area contributed by atoms with Gasteiger partial charge < -0.3 is 15.2 Å². The van der Waals surface area contributed by atoms with E-state index < -0.39 is 0 Å². The third kappa shape index (κ3) is 7.32. The van der Waals surface area contributed by atoms with E-state index in [4.69, 9.17) is 4.52 Å². The molecule has 7 nitrogen and oxygen atoms in total. The molecule has 0 bridgehead atoms. The molecule has 2 heterocycles. The molecule has 0 atom stereocenters. The molecule has 2 aromatic heterocycles. The number of aliphatic imine (C=N–C) groups is 1. The normalized spacial score (nSPS) is 11.5. The molecule has 3 aromatic rings. The van der Waals surface area contributed by atoms with Gasteiger partial charge in [-0.15, -0.1) is 24.0 Å². The van der Waals surface area contributed by atoms with Crippen molar-refractivity contribution in [2.45, 2.75) is 52.5 Å². The maximum Gasteiger partial charge on any atom is 0.191 e. The lowest BCUT2D eigenvalue weighted by Crippen LogP contribution is -2.38. The van der Waals surface area contributed by atoms with Crippen molar-refractivity contribution in [2.24, 2.45) is 4.99 Å². The molecule has 0 unspecified atom stereocenters. The molecular weight excluding hydrogens is 522 g/mol. The molecule has 1 aromatic carbocycles. The Morgan fingerprint density at radius 2 is 1.88 bits per heavy atom. The van der Waals surface area contributed by atoms with Gasteiger partial charge in [-0.25, -0.2) is 14.1 Å². The van der Waals surface area contributed by atoms with Gasteiger partial charge in [0, 0.05) is 37.7 Å². The summed E-state index contributed by atoms with van der Waals surface area (Å²) in [6.45, 7) is 8.23. The fraction of sp³-hybridized carbons (Fsp3) is 0.435. The quantitative estimate of drug-likeness (QED) is 0.214. The number of hydrogen-bond donors (Lipinski definition) is 2. The van der Waals surface area contributed by atoms with Crippen LogP contribution in [0.25, 0.3) is 5.69 Å². The van der Waals surface area contributed by atoms with Gasteiger partial charge in [0.1, 0.15) is 12.4 Å². The van der Waals surface area contributed by atoms with Crippen LogP contribution in [0.5, 0.6) is 0 Å². The van der Waals surface area contributed by atoms with Gasteiger partial charge in [-0.1, -0.05) is 19.0 Å². The van der Waals surface area contributed by atoms with Crippen LogP contribution in [-0.4, -0.2) is 34.0 Å². The number of halogens is 2. The van der Waals surface area contributed by atoms with Crippen LogP contribution in [-0.2, 0) is 13.0 Å². The Balaban J connectivity index is 0.00000363. The Morgan fingerprint density at radius 1 is 1.12 bits per heavy atom. The van der Waals surface area contributed by atoms with Gasteiger partial charge in [-0.3, -0.25) is 0 Å². The monoisotopic (exact) mass is 554 g/mol. The third-order valence-electron chi connectivity index (χ3n) is 5.13. The van der Waals surface area contributed by atoms with Gasteiger partial charge in [0.25, 0.3) is 0 Å². The van der Waals surface area contributed by atoms with E-state index in [1.807, 2.05) is 25.3 Å². The molecule has 0 aliphatic rings. The zero-order valence-corrected chi connectivity index (χ0v) is 21.2. The summed E-state index contributed by atoms with van der Waals surface area (Å²) in [5.41, 5.74) is 2.78. The summed E-state index contributed by atoms with van der Waals surface area (Å²) in [4.78, 5) is 4.60. The van der Waals surface area contributed by atoms with Crippen LogP contribution < -0.4 is 10.6 Å². The van der Waals surface area contributed by atoms with Gasteiger partial charge in [0.05, 0.1) is 17.1 Å². The maximum absolute atomic E-state index is 13.1. The van der Waals surface area contributed by atoms with Crippen molar-refractivity contribution in [1.29, 1.82) is 0 Å². The number of rotatable bonds is 10. The highest BCUT2D eigenvalue weighted by molar-refractivity contribution is 14.0. The lowest BCUT2D eigenvalue weighted by Gasteiger charge is -2.10. The van der Waals surface area contributed by atoms with E-state index in [9.17, 15) is 4.39 Å². The van der Waals surface area contributed by atoms with Crippen LogP contribution in [0.3, 0.4) is 0 Å². The molecule has 32 heavy (non-hydrogen) atoms. The van der Waals surface area contributed by atoms with Gasteiger partial charge in [0.15, 0.2) is 11.7 Å². The van der Waals surface area contributed by atoms with E-state index in [0.29, 0.717) is 19.0 Å². The van der Waals surface area contributed by atoms with Crippen molar-refractivity contribution in [1.82, 2.24) is 25.6 Å². The molecule has 0 saturated heterocycles. The van der Waals surface area contributed by atoms with Crippen molar-refractivity contribution >= 4 is 29.9 Å². The molecule has 0 radical (unpaired) electrons. The number of nitrogens with one attached hydrogen (secondary N) is 2. The van der Waals surface area contributed by atoms with Crippen LogP contribution in [0.4, 0.5) is 4.39 Å². The first-order valence-electron chi connectivity index (χ1n) is 10.9. The summed E-state index contributed by atoms with van der Waals surface area (Å²) in [6, 6.07) is 10.2. The first-order chi connectivity index (χ1) is 15.1. The van der Waals surface area contributed by atoms with Crippen molar-refractivity contribution in [2.75, 3.05) is 13.1 Å². The number of aromatic nitrogens is 3. The summed E-state index contributed by atoms with van der Waals surface area (Å²) in [7, 11) is 0. The predicted molar refractivity (Wildman–Crippen MR) is 135 cm³/mol. The Morgan fingerprint density at radius 3 is 2.56 bits per heavy atom. The summed E-state index contributed by atoms with van der Waals surface area (Å²) < 4.78 is 20.3. The lowest BCUT2D eigenvalue weighted by molar-refractivity contribution is 0.372. The Bertz CT molecular complexity index is 965. The van der Waals surface area contributed by atoms with E-state index in [1.165, 1.54) is 12.1 Å². The second-order valence-corrected chi connectivity index (χ2v) is 7.33. The predicted octanol–water partition coefficient (Wildman–Crippen LogP) is 4.82. The second kappa shape index (κ2) is 13.2. The molecule has 3 rings (SSSR count). The standard InChI is InChI=1S/C23H31FN6O.HI/c1-4-17(5-2)22-15-21(31-29-22)16-27-23(25-6-3)26-13-11-19-12-14-30(28-19)20-9-7-18(24)8-10-20;/h7-10,12,14-15,17H,4-6,11,13,16H2,1-3H3,(H2,25,26,27);1H. The van der Waals surface area contributed by atoms with Crippen LogP contribution >= 0.6 is 24.0 Å². The van der Waals surface area contributed by atoms with Crippen molar-refractivity contribution < 1.29 is 8.91 Å². The van der Waals surface area contributed by atoms with Gasteiger partial charge in [-0.05, 0) is 50.1 Å². The average Bonchev–Trinajstić information content (AvgIpc) is 3.44. The number of hydrogen-bond acceptors (Lipinski definition) is 4. The fourth-order valence-corrected chi connectivity index (χ4v) is 3.34. The molecule has 0 saturated carbocycles. The molecule has 0 amide bonds. The van der Waals surface area contributed by atoms with Crippen molar-refractivity contribution in [3.63, 3.8) is 0 Å². The molecule has 0 aliphatic carbocycles. The summed E-state index contributed by atoms with van der Waals surface area (Å²) in [6.07, 6.45) is 4.71. The second-order valence-electron chi connectivity index (χ2n) is 7.33. The molecule has 174 valence electrons. The highest BCUT2D eigenvalue weighted by Crippen LogP contribution is 2.22. The Hall–Kier alpha value is -2.43. The summed E-state index contributed by atoms with van der Waals surface area (Å²) >= 11 is 0. The number of guanidine groups is 1. The van der Waals surface area contributed by atoms with Crippen LogP contribution in [0, 0.1) is 5.82 Å². The minimum Gasteiger partial charge on any atom is -0.359 e. The third-order valence-corrected chi connectivity index (χ3v) is 5.13. The van der Waals surface area contributed by atoms with E-state index in [1.54, 1.807) is 16.8 Å². The van der Waals surface area contributed by atoms with Gasteiger partial charge in [0.2, 0.25) is 0 Å². The first kappa shape index (κ1) is 25.8. The largest absolute Gasteiger partial charge is 0.359 e. The summed E-state index contributed by atoms with van der Waals surface area (Å²) in [5.74, 6) is 1.66. The van der Waals surface area contributed by atoms with E-state index in [-0.39, 0.29) is 29.8 Å². The zero-order chi connectivity index (χ0) is 22.1. The fourth-order valence-electron chi connectivity index (χ4n) is 3.34. The molecule has 2 N–H and O–H groups in total. The average molecular weight is 554 g/mol. The van der Waals surface area contributed by atoms with E-state index >= 15 is 0 Å². The van der Waals surface area contributed by atoms with Crippen LogP contribution in [0.1, 0.15) is 56.7 Å². The highest BCUT2D eigenvalue weighted by atomic mass is 127. The molecule has 0 fully saturated rings. The molecular formula is C23H32FIN6O. The molecule has 0 aliphatic heterocycles. The molecule has 9 heteroatoms.